The van der Waals surface area contributed by atoms with E-state index in [0.717, 1.165) is 19.6 Å². The van der Waals surface area contributed by atoms with E-state index < -0.39 is 6.10 Å². The summed E-state index contributed by atoms with van der Waals surface area (Å²) in [4.78, 5) is 0.796. The molecule has 0 radical (unpaired) electrons. The Morgan fingerprint density at radius 2 is 1.81 bits per heavy atom. The lowest BCUT2D eigenvalue weighted by Gasteiger charge is -2.15. The zero-order chi connectivity index (χ0) is 15.0. The third kappa shape index (κ3) is 3.24. The SMILES string of the molecule is OC(c1cc(Br)c(Br)s1)c1cc2c(cc1Cl)OCCCO2. The van der Waals surface area contributed by atoms with Gasteiger partial charge in [-0.25, -0.2) is 0 Å². The second kappa shape index (κ2) is 6.46. The van der Waals surface area contributed by atoms with Crippen LogP contribution in [0.5, 0.6) is 11.5 Å². The van der Waals surface area contributed by atoms with E-state index in [9.17, 15) is 5.11 Å². The average molecular weight is 455 g/mol. The molecule has 0 bridgehead atoms. The number of hydrogen-bond donors (Lipinski definition) is 1. The molecular weight excluding hydrogens is 443 g/mol. The highest BCUT2D eigenvalue weighted by molar-refractivity contribution is 9.13. The summed E-state index contributed by atoms with van der Waals surface area (Å²) in [5.74, 6) is 1.25. The molecule has 1 aromatic heterocycles. The fraction of sp³-hybridized carbons (Fsp3) is 0.286. The lowest BCUT2D eigenvalue weighted by molar-refractivity contribution is 0.223. The maximum atomic E-state index is 10.6. The molecule has 1 aromatic carbocycles. The average Bonchev–Trinajstić information content (AvgIpc) is 2.66. The van der Waals surface area contributed by atoms with Crippen LogP contribution in [-0.2, 0) is 0 Å². The predicted molar refractivity (Wildman–Crippen MR) is 90.8 cm³/mol. The molecule has 112 valence electrons. The molecule has 0 saturated carbocycles. The molecule has 0 fully saturated rings. The van der Waals surface area contributed by atoms with Crippen molar-refractivity contribution in [2.24, 2.45) is 0 Å². The fourth-order valence-corrected chi connectivity index (χ4v) is 4.41. The van der Waals surface area contributed by atoms with Gasteiger partial charge in [0.2, 0.25) is 0 Å². The highest BCUT2D eigenvalue weighted by atomic mass is 79.9. The van der Waals surface area contributed by atoms with Gasteiger partial charge in [-0.05, 0) is 44.0 Å². The Hall–Kier alpha value is -0.270. The van der Waals surface area contributed by atoms with E-state index in [-0.39, 0.29) is 0 Å². The van der Waals surface area contributed by atoms with Crippen molar-refractivity contribution in [2.45, 2.75) is 12.5 Å². The van der Waals surface area contributed by atoms with Gasteiger partial charge in [-0.3, -0.25) is 0 Å². The first-order chi connectivity index (χ1) is 10.1. The van der Waals surface area contributed by atoms with Crippen molar-refractivity contribution in [1.82, 2.24) is 0 Å². The van der Waals surface area contributed by atoms with E-state index in [2.05, 4.69) is 31.9 Å². The van der Waals surface area contributed by atoms with Crippen LogP contribution < -0.4 is 9.47 Å². The zero-order valence-electron chi connectivity index (χ0n) is 10.7. The Bertz CT molecular complexity index is 655. The number of fused-ring (bicyclic) bond motifs is 1. The van der Waals surface area contributed by atoms with Gasteiger partial charge in [0.15, 0.2) is 11.5 Å². The van der Waals surface area contributed by atoms with E-state index in [1.807, 2.05) is 6.07 Å². The molecule has 1 atom stereocenters. The predicted octanol–water partition coefficient (Wildman–Crippen LogP) is 5.17. The van der Waals surface area contributed by atoms with Crippen molar-refractivity contribution >= 4 is 54.8 Å². The Labute approximate surface area is 148 Å². The number of ether oxygens (including phenoxy) is 2. The number of benzene rings is 1. The summed E-state index contributed by atoms with van der Waals surface area (Å²) in [5, 5.41) is 11.0. The fourth-order valence-electron chi connectivity index (χ4n) is 2.06. The summed E-state index contributed by atoms with van der Waals surface area (Å²) in [6.45, 7) is 1.20. The number of thiophene rings is 1. The molecule has 0 aliphatic carbocycles. The van der Waals surface area contributed by atoms with Gasteiger partial charge < -0.3 is 14.6 Å². The normalized spacial score (nSPS) is 15.6. The van der Waals surface area contributed by atoms with Gasteiger partial charge in [0.25, 0.3) is 0 Å². The summed E-state index contributed by atoms with van der Waals surface area (Å²) in [5.41, 5.74) is 0.613. The monoisotopic (exact) mass is 452 g/mol. The molecular formula is C14H11Br2ClO3S. The quantitative estimate of drug-likeness (QED) is 0.681. The first-order valence-corrected chi connectivity index (χ1v) is 9.06. The van der Waals surface area contributed by atoms with Crippen LogP contribution in [0, 0.1) is 0 Å². The van der Waals surface area contributed by atoms with Gasteiger partial charge in [-0.1, -0.05) is 11.6 Å². The van der Waals surface area contributed by atoms with Crippen LogP contribution in [0.1, 0.15) is 23.0 Å². The van der Waals surface area contributed by atoms with E-state index in [0.29, 0.717) is 35.3 Å². The van der Waals surface area contributed by atoms with Crippen molar-refractivity contribution < 1.29 is 14.6 Å². The standard InChI is InChI=1S/C14H11Br2ClO3S/c15-8-5-12(21-14(8)16)13(18)7-4-10-11(6-9(7)17)20-3-1-2-19-10/h4-6,13,18H,1-3H2. The van der Waals surface area contributed by atoms with Gasteiger partial charge in [0, 0.05) is 27.4 Å². The topological polar surface area (TPSA) is 38.7 Å². The summed E-state index contributed by atoms with van der Waals surface area (Å²) in [6.07, 6.45) is 0.0249. The van der Waals surface area contributed by atoms with E-state index in [1.165, 1.54) is 11.3 Å². The van der Waals surface area contributed by atoms with E-state index in [1.54, 1.807) is 12.1 Å². The minimum absolute atomic E-state index is 0.465. The van der Waals surface area contributed by atoms with Crippen molar-refractivity contribution in [3.8, 4) is 11.5 Å². The van der Waals surface area contributed by atoms with Crippen LogP contribution in [0.3, 0.4) is 0 Å². The van der Waals surface area contributed by atoms with Gasteiger partial charge >= 0.3 is 0 Å². The summed E-state index contributed by atoms with van der Waals surface area (Å²) in [7, 11) is 0. The number of rotatable bonds is 2. The summed E-state index contributed by atoms with van der Waals surface area (Å²) >= 11 is 14.6. The highest BCUT2D eigenvalue weighted by Crippen LogP contribution is 2.42. The number of aliphatic hydroxyl groups is 1. The van der Waals surface area contributed by atoms with Gasteiger partial charge in [-0.2, -0.15) is 0 Å². The van der Waals surface area contributed by atoms with Gasteiger partial charge in [0.05, 0.1) is 22.0 Å². The Morgan fingerprint density at radius 3 is 2.43 bits per heavy atom. The molecule has 2 heterocycles. The molecule has 3 nitrogen and oxygen atoms in total. The van der Waals surface area contributed by atoms with Crippen LogP contribution in [0.15, 0.2) is 26.5 Å². The highest BCUT2D eigenvalue weighted by Gasteiger charge is 2.21. The minimum Gasteiger partial charge on any atom is -0.490 e. The van der Waals surface area contributed by atoms with E-state index >= 15 is 0 Å². The van der Waals surface area contributed by atoms with Gasteiger partial charge in [0.1, 0.15) is 6.10 Å². The number of hydrogen-bond acceptors (Lipinski definition) is 4. The maximum Gasteiger partial charge on any atom is 0.162 e. The minimum atomic E-state index is -0.803. The molecule has 2 aromatic rings. The van der Waals surface area contributed by atoms with Gasteiger partial charge in [-0.15, -0.1) is 11.3 Å². The molecule has 1 unspecified atom stereocenters. The molecule has 7 heteroatoms. The van der Waals surface area contributed by atoms with Crippen molar-refractivity contribution in [3.05, 3.63) is 41.9 Å². The second-order valence-corrected chi connectivity index (χ2v) is 8.21. The second-order valence-electron chi connectivity index (χ2n) is 4.54. The number of halogens is 3. The Morgan fingerprint density at radius 1 is 1.14 bits per heavy atom. The van der Waals surface area contributed by atoms with Crippen LogP contribution in [-0.4, -0.2) is 18.3 Å². The van der Waals surface area contributed by atoms with Crippen LogP contribution in [0.25, 0.3) is 0 Å². The lowest BCUT2D eigenvalue weighted by atomic mass is 10.1. The zero-order valence-corrected chi connectivity index (χ0v) is 15.5. The van der Waals surface area contributed by atoms with E-state index in [4.69, 9.17) is 21.1 Å². The van der Waals surface area contributed by atoms with Crippen LogP contribution in [0.2, 0.25) is 5.02 Å². The smallest absolute Gasteiger partial charge is 0.162 e. The molecule has 1 N–H and O–H groups in total. The third-order valence-electron chi connectivity index (χ3n) is 3.10. The summed E-state index contributed by atoms with van der Waals surface area (Å²) in [6, 6.07) is 5.34. The molecule has 0 saturated heterocycles. The third-order valence-corrected chi connectivity index (χ3v) is 6.73. The molecule has 1 aliphatic rings. The Kier molecular flexibility index (Phi) is 4.81. The van der Waals surface area contributed by atoms with Crippen LogP contribution in [0.4, 0.5) is 0 Å². The first-order valence-electron chi connectivity index (χ1n) is 6.28. The van der Waals surface area contributed by atoms with Crippen molar-refractivity contribution in [3.63, 3.8) is 0 Å². The Balaban J connectivity index is 1.99. The first kappa shape index (κ1) is 15.6. The largest absolute Gasteiger partial charge is 0.490 e. The van der Waals surface area contributed by atoms with Crippen LogP contribution >= 0.6 is 54.8 Å². The maximum absolute atomic E-state index is 10.6. The summed E-state index contributed by atoms with van der Waals surface area (Å²) < 4.78 is 13.1. The lowest BCUT2D eigenvalue weighted by Crippen LogP contribution is -2.00. The molecule has 1 aliphatic heterocycles. The molecule has 21 heavy (non-hydrogen) atoms. The van der Waals surface area contributed by atoms with Crippen molar-refractivity contribution in [1.29, 1.82) is 0 Å². The molecule has 0 spiro atoms. The number of aliphatic hydroxyl groups excluding tert-OH is 1. The van der Waals surface area contributed by atoms with Crippen molar-refractivity contribution in [2.75, 3.05) is 13.2 Å². The molecule has 3 rings (SSSR count). The molecule has 0 amide bonds.